The van der Waals surface area contributed by atoms with Crippen LogP contribution in [0.1, 0.15) is 30.7 Å². The zero-order valence-electron chi connectivity index (χ0n) is 12.6. The predicted molar refractivity (Wildman–Crippen MR) is 89.1 cm³/mol. The van der Waals surface area contributed by atoms with Gasteiger partial charge in [-0.25, -0.2) is 4.99 Å². The largest absolute Gasteiger partial charge is 0.396 e. The second-order valence-electron chi connectivity index (χ2n) is 5.55. The SMILES string of the molecule is OCCCCCc1ccc(/C=C2\C=CC(C3=CC=C[NH2+]3)=N2)[nH]1. The number of aliphatic imine (C=N–C) groups is 1. The van der Waals surface area contributed by atoms with Crippen molar-refractivity contribution in [3.8, 4) is 0 Å². The molecule has 2 aliphatic rings. The summed E-state index contributed by atoms with van der Waals surface area (Å²) in [6.45, 7) is 0.290. The minimum Gasteiger partial charge on any atom is -0.396 e. The number of rotatable bonds is 7. The first-order valence-corrected chi connectivity index (χ1v) is 7.84. The summed E-state index contributed by atoms with van der Waals surface area (Å²) in [7, 11) is 0. The van der Waals surface area contributed by atoms with Crippen molar-refractivity contribution in [1.29, 1.82) is 0 Å². The number of aliphatic hydroxyl groups is 1. The van der Waals surface area contributed by atoms with Crippen molar-refractivity contribution >= 4 is 11.8 Å². The molecule has 0 saturated carbocycles. The van der Waals surface area contributed by atoms with E-state index < -0.39 is 0 Å². The van der Waals surface area contributed by atoms with Gasteiger partial charge in [-0.2, -0.15) is 0 Å². The summed E-state index contributed by atoms with van der Waals surface area (Å²) in [5, 5.41) is 10.9. The van der Waals surface area contributed by atoms with Gasteiger partial charge in [0.1, 0.15) is 5.71 Å². The van der Waals surface area contributed by atoms with Gasteiger partial charge >= 0.3 is 0 Å². The number of nitrogens with one attached hydrogen (secondary N) is 1. The summed E-state index contributed by atoms with van der Waals surface area (Å²) in [5.74, 6) is 0. The fourth-order valence-electron chi connectivity index (χ4n) is 2.62. The zero-order valence-corrected chi connectivity index (χ0v) is 12.6. The van der Waals surface area contributed by atoms with Gasteiger partial charge in [-0.05, 0) is 55.7 Å². The third kappa shape index (κ3) is 3.72. The van der Waals surface area contributed by atoms with Crippen LogP contribution in [-0.2, 0) is 6.42 Å². The van der Waals surface area contributed by atoms with Gasteiger partial charge in [0.05, 0.1) is 11.9 Å². The van der Waals surface area contributed by atoms with Gasteiger partial charge in [0, 0.05) is 24.1 Å². The topological polar surface area (TPSA) is 65.0 Å². The number of aryl methyl sites for hydroxylation is 1. The minimum absolute atomic E-state index is 0.290. The van der Waals surface area contributed by atoms with Crippen LogP contribution in [0.25, 0.3) is 6.08 Å². The van der Waals surface area contributed by atoms with Crippen molar-refractivity contribution < 1.29 is 10.4 Å². The molecule has 1 aromatic heterocycles. The van der Waals surface area contributed by atoms with E-state index >= 15 is 0 Å². The fourth-order valence-corrected chi connectivity index (χ4v) is 2.62. The highest BCUT2D eigenvalue weighted by atomic mass is 16.2. The summed E-state index contributed by atoms with van der Waals surface area (Å²) < 4.78 is 0. The molecule has 3 rings (SSSR count). The van der Waals surface area contributed by atoms with Gasteiger partial charge in [-0.1, -0.05) is 6.42 Å². The molecule has 2 aliphatic heterocycles. The first-order chi connectivity index (χ1) is 10.8. The number of nitrogens with two attached hydrogens (primary N) is 1. The Kier molecular flexibility index (Phi) is 4.83. The summed E-state index contributed by atoms with van der Waals surface area (Å²) in [6, 6.07) is 4.23. The highest BCUT2D eigenvalue weighted by Crippen LogP contribution is 2.16. The molecule has 0 atom stereocenters. The molecular formula is C18H22N3O+. The molecule has 0 amide bonds. The van der Waals surface area contributed by atoms with Crippen molar-refractivity contribution in [3.05, 3.63) is 65.4 Å². The third-order valence-corrected chi connectivity index (χ3v) is 3.80. The molecular weight excluding hydrogens is 274 g/mol. The molecule has 0 radical (unpaired) electrons. The molecule has 0 bridgehead atoms. The molecule has 114 valence electrons. The average molecular weight is 296 g/mol. The summed E-state index contributed by atoms with van der Waals surface area (Å²) in [6.07, 6.45) is 16.4. The molecule has 3 heterocycles. The van der Waals surface area contributed by atoms with E-state index in [-0.39, 0.29) is 6.61 Å². The van der Waals surface area contributed by atoms with E-state index in [2.05, 4.69) is 45.7 Å². The lowest BCUT2D eigenvalue weighted by Crippen LogP contribution is -2.75. The quantitative estimate of drug-likeness (QED) is 0.662. The highest BCUT2D eigenvalue weighted by Gasteiger charge is 2.14. The predicted octanol–water partition coefficient (Wildman–Crippen LogP) is 2.05. The van der Waals surface area contributed by atoms with Crippen molar-refractivity contribution in [2.45, 2.75) is 25.7 Å². The van der Waals surface area contributed by atoms with E-state index in [1.807, 2.05) is 18.4 Å². The highest BCUT2D eigenvalue weighted by molar-refractivity contribution is 6.09. The van der Waals surface area contributed by atoms with Crippen molar-refractivity contribution in [3.63, 3.8) is 0 Å². The number of hydrogen-bond donors (Lipinski definition) is 3. The first kappa shape index (κ1) is 14.8. The van der Waals surface area contributed by atoms with Gasteiger partial charge in [-0.15, -0.1) is 0 Å². The van der Waals surface area contributed by atoms with E-state index in [9.17, 15) is 0 Å². The molecule has 0 saturated heterocycles. The molecule has 0 spiro atoms. The molecule has 22 heavy (non-hydrogen) atoms. The summed E-state index contributed by atoms with van der Waals surface area (Å²) in [4.78, 5) is 8.06. The number of aliphatic hydroxyl groups excluding tert-OH is 1. The lowest BCUT2D eigenvalue weighted by atomic mass is 10.1. The van der Waals surface area contributed by atoms with Crippen LogP contribution in [0.3, 0.4) is 0 Å². The molecule has 0 aromatic carbocycles. The second-order valence-corrected chi connectivity index (χ2v) is 5.55. The Hall–Kier alpha value is -2.17. The average Bonchev–Trinajstić information content (AvgIpc) is 3.25. The van der Waals surface area contributed by atoms with Gasteiger partial charge < -0.3 is 10.1 Å². The number of unbranched alkanes of at least 4 members (excludes halogenated alkanes) is 2. The van der Waals surface area contributed by atoms with E-state index in [4.69, 9.17) is 5.11 Å². The molecule has 4 N–H and O–H groups in total. The van der Waals surface area contributed by atoms with Crippen LogP contribution in [-0.4, -0.2) is 22.4 Å². The van der Waals surface area contributed by atoms with E-state index in [1.54, 1.807) is 0 Å². The van der Waals surface area contributed by atoms with Crippen LogP contribution in [0, 0.1) is 0 Å². The number of aromatic nitrogens is 1. The van der Waals surface area contributed by atoms with Gasteiger partial charge in [0.25, 0.3) is 0 Å². The lowest BCUT2D eigenvalue weighted by molar-refractivity contribution is -0.521. The lowest BCUT2D eigenvalue weighted by Gasteiger charge is -1.97. The van der Waals surface area contributed by atoms with Crippen LogP contribution in [0.2, 0.25) is 0 Å². The van der Waals surface area contributed by atoms with Crippen molar-refractivity contribution in [2.24, 2.45) is 4.99 Å². The Balaban J connectivity index is 1.59. The Morgan fingerprint density at radius 2 is 2.14 bits per heavy atom. The molecule has 1 aromatic rings. The van der Waals surface area contributed by atoms with Gasteiger partial charge in [0.2, 0.25) is 0 Å². The Morgan fingerprint density at radius 1 is 1.18 bits per heavy atom. The fraction of sp³-hybridized carbons (Fsp3) is 0.278. The van der Waals surface area contributed by atoms with Gasteiger partial charge in [-0.3, -0.25) is 5.32 Å². The summed E-state index contributed by atoms with van der Waals surface area (Å²) >= 11 is 0. The van der Waals surface area contributed by atoms with E-state index in [0.717, 1.165) is 48.5 Å². The number of quaternary nitrogens is 1. The van der Waals surface area contributed by atoms with Crippen LogP contribution in [0.5, 0.6) is 0 Å². The molecule has 0 aliphatic carbocycles. The number of allylic oxidation sites excluding steroid dienone is 4. The Labute approximate surface area is 130 Å². The molecule has 0 unspecified atom stereocenters. The first-order valence-electron chi connectivity index (χ1n) is 7.84. The van der Waals surface area contributed by atoms with Crippen LogP contribution in [0.15, 0.2) is 59.0 Å². The standard InChI is InChI=1S/C18H21N3O/c22-12-3-1-2-5-14-7-8-15(20-14)13-16-9-10-18(21-16)17-6-4-11-19-17/h4,6-11,13,19-20,22H,1-3,5,12H2/p+1/b16-13+. The van der Waals surface area contributed by atoms with Gasteiger partial charge in [0.15, 0.2) is 5.70 Å². The summed E-state index contributed by atoms with van der Waals surface area (Å²) in [5.41, 5.74) is 5.49. The number of hydrogen-bond acceptors (Lipinski definition) is 2. The second kappa shape index (κ2) is 7.20. The maximum Gasteiger partial charge on any atom is 0.160 e. The maximum absolute atomic E-state index is 8.78. The number of nitrogens with zero attached hydrogens (tertiary/aromatic N) is 1. The third-order valence-electron chi connectivity index (χ3n) is 3.80. The minimum atomic E-state index is 0.290. The monoisotopic (exact) mass is 296 g/mol. The Morgan fingerprint density at radius 3 is 2.95 bits per heavy atom. The normalized spacial score (nSPS) is 18.3. The van der Waals surface area contributed by atoms with Crippen LogP contribution < -0.4 is 5.32 Å². The maximum atomic E-state index is 8.78. The smallest absolute Gasteiger partial charge is 0.160 e. The molecule has 4 nitrogen and oxygen atoms in total. The zero-order chi connectivity index (χ0) is 15.2. The van der Waals surface area contributed by atoms with E-state index in [0.29, 0.717) is 0 Å². The molecule has 0 fully saturated rings. The van der Waals surface area contributed by atoms with Crippen LogP contribution >= 0.6 is 0 Å². The van der Waals surface area contributed by atoms with Crippen LogP contribution in [0.4, 0.5) is 0 Å². The van der Waals surface area contributed by atoms with E-state index in [1.165, 1.54) is 5.69 Å². The van der Waals surface area contributed by atoms with Crippen molar-refractivity contribution in [1.82, 2.24) is 4.98 Å². The van der Waals surface area contributed by atoms with Crippen molar-refractivity contribution in [2.75, 3.05) is 6.61 Å². The molecule has 4 heteroatoms. The number of H-pyrrole nitrogens is 1. The number of aromatic amines is 1. The Bertz CT molecular complexity index is 674.